The van der Waals surface area contributed by atoms with Crippen LogP contribution in [0.3, 0.4) is 0 Å². The van der Waals surface area contributed by atoms with Gasteiger partial charge >= 0.3 is 0 Å². The number of hydrogen-bond donors (Lipinski definition) is 1. The molecule has 0 amide bonds. The van der Waals surface area contributed by atoms with Crippen LogP contribution >= 0.6 is 11.5 Å². The molecule has 138 valence electrons. The van der Waals surface area contributed by atoms with Crippen molar-refractivity contribution in [3.63, 3.8) is 0 Å². The predicted octanol–water partition coefficient (Wildman–Crippen LogP) is 3.57. The number of anilines is 1. The minimum atomic E-state index is -3.83. The lowest BCUT2D eigenvalue weighted by molar-refractivity contribution is 0.345. The van der Waals surface area contributed by atoms with Crippen molar-refractivity contribution in [1.29, 1.82) is 0 Å². The first-order valence-electron chi connectivity index (χ1n) is 8.08. The molecule has 1 aromatic carbocycles. The Hall–Kier alpha value is -2.26. The number of aromatic nitrogens is 4. The van der Waals surface area contributed by atoms with Crippen LogP contribution < -0.4 is 4.72 Å². The summed E-state index contributed by atoms with van der Waals surface area (Å²) in [5, 5.41) is 5.06. The van der Waals surface area contributed by atoms with E-state index >= 15 is 0 Å². The number of nitrogens with one attached hydrogen (secondary N) is 1. The van der Waals surface area contributed by atoms with Gasteiger partial charge in [0.15, 0.2) is 0 Å². The Morgan fingerprint density at radius 2 is 1.77 bits per heavy atom. The summed E-state index contributed by atoms with van der Waals surface area (Å²) in [6, 6.07) is 9.51. The van der Waals surface area contributed by atoms with Gasteiger partial charge < -0.3 is 0 Å². The standard InChI is InChI=1S/C17H21N5O2S2/c1-11-14(12(2)22(19-11)17(3,4)5)26(23,24)21-16-18-15(25-20-16)13-9-7-6-8-10-13/h6-10H,1-5H3,(H,20,21). The van der Waals surface area contributed by atoms with Gasteiger partial charge in [-0.25, -0.2) is 13.1 Å². The van der Waals surface area contributed by atoms with E-state index < -0.39 is 10.0 Å². The van der Waals surface area contributed by atoms with E-state index in [1.54, 1.807) is 18.5 Å². The topological polar surface area (TPSA) is 89.8 Å². The third kappa shape index (κ3) is 3.49. The normalized spacial score (nSPS) is 12.3. The summed E-state index contributed by atoms with van der Waals surface area (Å²) >= 11 is 1.15. The van der Waals surface area contributed by atoms with Crippen molar-refractivity contribution >= 4 is 27.5 Å². The maximum atomic E-state index is 12.9. The zero-order chi connectivity index (χ0) is 19.1. The van der Waals surface area contributed by atoms with Crippen LogP contribution in [0.1, 0.15) is 32.2 Å². The molecular weight excluding hydrogens is 370 g/mol. The quantitative estimate of drug-likeness (QED) is 0.734. The van der Waals surface area contributed by atoms with Crippen molar-refractivity contribution in [3.8, 4) is 10.6 Å². The lowest BCUT2D eigenvalue weighted by Crippen LogP contribution is -2.25. The summed E-state index contributed by atoms with van der Waals surface area (Å²) < 4.78 is 34.1. The number of benzene rings is 1. The molecule has 2 heterocycles. The Morgan fingerprint density at radius 3 is 2.35 bits per heavy atom. The summed E-state index contributed by atoms with van der Waals surface area (Å²) in [7, 11) is -3.83. The summed E-state index contributed by atoms with van der Waals surface area (Å²) in [6.07, 6.45) is 0. The molecule has 3 rings (SSSR count). The molecule has 2 aromatic heterocycles. The SMILES string of the molecule is Cc1nn(C(C)(C)C)c(C)c1S(=O)(=O)Nc1nsc(-c2ccccc2)n1. The van der Waals surface area contributed by atoms with Crippen LogP contribution in [0.2, 0.25) is 0 Å². The number of nitrogens with zero attached hydrogens (tertiary/aromatic N) is 4. The molecule has 0 aliphatic rings. The third-order valence-corrected chi connectivity index (χ3v) is 6.15. The molecule has 1 N–H and O–H groups in total. The molecule has 7 nitrogen and oxygen atoms in total. The van der Waals surface area contributed by atoms with Crippen LogP contribution in [-0.4, -0.2) is 27.6 Å². The monoisotopic (exact) mass is 391 g/mol. The molecule has 0 spiro atoms. The maximum absolute atomic E-state index is 12.9. The van der Waals surface area contributed by atoms with Crippen molar-refractivity contribution in [3.05, 3.63) is 41.7 Å². The number of aryl methyl sites for hydroxylation is 1. The molecule has 0 aliphatic heterocycles. The van der Waals surface area contributed by atoms with E-state index in [9.17, 15) is 8.42 Å². The van der Waals surface area contributed by atoms with Crippen molar-refractivity contribution < 1.29 is 8.42 Å². The molecule has 0 fully saturated rings. The smallest absolute Gasteiger partial charge is 0.263 e. The molecule has 0 saturated carbocycles. The third-order valence-electron chi connectivity index (χ3n) is 3.80. The first kappa shape index (κ1) is 18.5. The van der Waals surface area contributed by atoms with Crippen LogP contribution in [-0.2, 0) is 15.6 Å². The zero-order valence-corrected chi connectivity index (χ0v) is 16.9. The van der Waals surface area contributed by atoms with Gasteiger partial charge in [-0.2, -0.15) is 14.5 Å². The Balaban J connectivity index is 1.94. The van der Waals surface area contributed by atoms with Gasteiger partial charge in [-0.05, 0) is 46.2 Å². The van der Waals surface area contributed by atoms with Gasteiger partial charge in [0.2, 0.25) is 5.95 Å². The fourth-order valence-corrected chi connectivity index (χ4v) is 4.83. The van der Waals surface area contributed by atoms with Crippen molar-refractivity contribution in [2.45, 2.75) is 45.1 Å². The second-order valence-corrected chi connectivity index (χ2v) is 9.35. The summed E-state index contributed by atoms with van der Waals surface area (Å²) in [5.74, 6) is 0.0659. The van der Waals surface area contributed by atoms with Gasteiger partial charge in [0.25, 0.3) is 10.0 Å². The second kappa shape index (κ2) is 6.48. The minimum Gasteiger partial charge on any atom is -0.263 e. The van der Waals surface area contributed by atoms with Gasteiger partial charge in [-0.15, -0.1) is 0 Å². The first-order chi connectivity index (χ1) is 12.1. The van der Waals surface area contributed by atoms with Crippen molar-refractivity contribution in [2.24, 2.45) is 0 Å². The Labute approximate surface area is 157 Å². The zero-order valence-electron chi connectivity index (χ0n) is 15.3. The van der Waals surface area contributed by atoms with Gasteiger partial charge in [0.1, 0.15) is 9.90 Å². The van der Waals surface area contributed by atoms with Crippen LogP contribution in [0, 0.1) is 13.8 Å². The minimum absolute atomic E-state index is 0.0659. The maximum Gasteiger partial charge on any atom is 0.267 e. The van der Waals surface area contributed by atoms with E-state index in [1.165, 1.54) is 0 Å². The van der Waals surface area contributed by atoms with Crippen LogP contribution in [0.4, 0.5) is 5.95 Å². The van der Waals surface area contributed by atoms with Crippen molar-refractivity contribution in [2.75, 3.05) is 4.72 Å². The number of hydrogen-bond acceptors (Lipinski definition) is 6. The summed E-state index contributed by atoms with van der Waals surface area (Å²) in [5.41, 5.74) is 1.61. The van der Waals surface area contributed by atoms with Crippen LogP contribution in [0.25, 0.3) is 10.6 Å². The summed E-state index contributed by atoms with van der Waals surface area (Å²) in [6.45, 7) is 9.37. The molecule has 9 heteroatoms. The fraction of sp³-hybridized carbons (Fsp3) is 0.353. The Bertz CT molecular complexity index is 1030. The van der Waals surface area contributed by atoms with Gasteiger partial charge in [0, 0.05) is 5.56 Å². The highest BCUT2D eigenvalue weighted by Crippen LogP contribution is 2.28. The van der Waals surface area contributed by atoms with E-state index in [0.717, 1.165) is 17.1 Å². The van der Waals surface area contributed by atoms with Crippen LogP contribution in [0.5, 0.6) is 0 Å². The van der Waals surface area contributed by atoms with E-state index in [2.05, 4.69) is 19.2 Å². The average molecular weight is 392 g/mol. The number of sulfonamides is 1. The van der Waals surface area contributed by atoms with Gasteiger partial charge in [-0.1, -0.05) is 30.3 Å². The summed E-state index contributed by atoms with van der Waals surface area (Å²) in [4.78, 5) is 4.47. The molecule has 26 heavy (non-hydrogen) atoms. The van der Waals surface area contributed by atoms with E-state index in [4.69, 9.17) is 0 Å². The van der Waals surface area contributed by atoms with E-state index in [0.29, 0.717) is 16.4 Å². The molecule has 0 unspecified atom stereocenters. The Kier molecular flexibility index (Phi) is 4.61. The van der Waals surface area contributed by atoms with Gasteiger partial charge in [0.05, 0.1) is 16.9 Å². The largest absolute Gasteiger partial charge is 0.267 e. The molecule has 0 bridgehead atoms. The Morgan fingerprint density at radius 1 is 1.12 bits per heavy atom. The lowest BCUT2D eigenvalue weighted by atomic mass is 10.1. The highest BCUT2D eigenvalue weighted by atomic mass is 32.2. The highest BCUT2D eigenvalue weighted by molar-refractivity contribution is 7.92. The second-order valence-electron chi connectivity index (χ2n) is 6.98. The van der Waals surface area contributed by atoms with Gasteiger partial charge in [-0.3, -0.25) is 4.68 Å². The first-order valence-corrected chi connectivity index (χ1v) is 10.3. The molecule has 3 aromatic rings. The predicted molar refractivity (Wildman–Crippen MR) is 103 cm³/mol. The lowest BCUT2D eigenvalue weighted by Gasteiger charge is -2.21. The molecular formula is C17H21N5O2S2. The molecule has 0 radical (unpaired) electrons. The van der Waals surface area contributed by atoms with E-state index in [-0.39, 0.29) is 16.4 Å². The molecule has 0 saturated heterocycles. The van der Waals surface area contributed by atoms with E-state index in [1.807, 2.05) is 51.1 Å². The molecule has 0 atom stereocenters. The number of rotatable bonds is 4. The highest BCUT2D eigenvalue weighted by Gasteiger charge is 2.29. The molecule has 0 aliphatic carbocycles. The van der Waals surface area contributed by atoms with Crippen LogP contribution in [0.15, 0.2) is 35.2 Å². The fourth-order valence-electron chi connectivity index (χ4n) is 2.80. The average Bonchev–Trinajstić information content (AvgIpc) is 3.12. The van der Waals surface area contributed by atoms with Crippen molar-refractivity contribution in [1.82, 2.24) is 19.1 Å².